The van der Waals surface area contributed by atoms with Gasteiger partial charge in [0.15, 0.2) is 0 Å². The predicted molar refractivity (Wildman–Crippen MR) is 85.0 cm³/mol. The minimum Gasteiger partial charge on any atom is -0.326 e. The molecule has 21 heavy (non-hydrogen) atoms. The van der Waals surface area contributed by atoms with Gasteiger partial charge in [-0.2, -0.15) is 0 Å². The van der Waals surface area contributed by atoms with Crippen LogP contribution in [0.25, 0.3) is 0 Å². The molecule has 0 unspecified atom stereocenters. The van der Waals surface area contributed by atoms with Crippen LogP contribution >= 0.6 is 0 Å². The molecule has 0 radical (unpaired) electrons. The number of rotatable bonds is 2. The molecular formula is C19H25NO. The van der Waals surface area contributed by atoms with E-state index in [4.69, 9.17) is 0 Å². The molecule has 4 fully saturated rings. The molecule has 2 nitrogen and oxygen atoms in total. The lowest BCUT2D eigenvalue weighted by Crippen LogP contribution is -2.45. The number of hydrogen-bond donors (Lipinski definition) is 1. The van der Waals surface area contributed by atoms with E-state index >= 15 is 0 Å². The maximum absolute atomic E-state index is 13.0. The van der Waals surface area contributed by atoms with E-state index in [0.29, 0.717) is 5.91 Å². The molecule has 112 valence electrons. The van der Waals surface area contributed by atoms with Crippen molar-refractivity contribution in [2.45, 2.75) is 51.9 Å². The zero-order valence-corrected chi connectivity index (χ0v) is 12.9. The Kier molecular flexibility index (Phi) is 3.09. The van der Waals surface area contributed by atoms with E-state index in [1.165, 1.54) is 31.2 Å². The number of hydrogen-bond acceptors (Lipinski definition) is 1. The molecule has 4 aliphatic rings. The van der Waals surface area contributed by atoms with Gasteiger partial charge in [0, 0.05) is 5.69 Å². The van der Waals surface area contributed by atoms with Crippen LogP contribution in [-0.2, 0) is 4.79 Å². The van der Waals surface area contributed by atoms with Crippen LogP contribution < -0.4 is 5.32 Å². The first-order valence-electron chi connectivity index (χ1n) is 8.51. The van der Waals surface area contributed by atoms with Crippen molar-refractivity contribution in [2.24, 2.45) is 23.2 Å². The highest BCUT2D eigenvalue weighted by Gasteiger charge is 2.52. The monoisotopic (exact) mass is 283 g/mol. The van der Waals surface area contributed by atoms with Gasteiger partial charge in [-0.3, -0.25) is 4.79 Å². The third-order valence-electron chi connectivity index (χ3n) is 6.15. The summed E-state index contributed by atoms with van der Waals surface area (Å²) in [7, 11) is 0. The first-order chi connectivity index (χ1) is 10.1. The zero-order valence-electron chi connectivity index (χ0n) is 12.9. The Bertz CT molecular complexity index is 531. The molecule has 0 spiro atoms. The minimum absolute atomic E-state index is 0.0577. The molecule has 0 aromatic heterocycles. The van der Waals surface area contributed by atoms with Gasteiger partial charge < -0.3 is 5.32 Å². The van der Waals surface area contributed by atoms with Crippen molar-refractivity contribution < 1.29 is 4.79 Å². The first kappa shape index (κ1) is 13.4. The summed E-state index contributed by atoms with van der Waals surface area (Å²) < 4.78 is 0. The average molecular weight is 283 g/mol. The fourth-order valence-corrected chi connectivity index (χ4v) is 5.37. The molecule has 4 saturated carbocycles. The number of benzene rings is 1. The largest absolute Gasteiger partial charge is 0.326 e. The lowest BCUT2D eigenvalue weighted by molar-refractivity contribution is -0.132. The summed E-state index contributed by atoms with van der Waals surface area (Å²) in [5.74, 6) is 2.72. The standard InChI is InChI=1S/C19H25NO/c1-13-2-6-17(7-3-13)20-18(21)19-10-14-4-5-15(11-19)9-16(8-14)12-19/h2-3,6-7,14-16H,4-5,8-12H2,1H3,(H,20,21)/t14-,15-,16?,19?/m0/s1. The van der Waals surface area contributed by atoms with Crippen LogP contribution in [0.5, 0.6) is 0 Å². The molecule has 2 heteroatoms. The van der Waals surface area contributed by atoms with Crippen LogP contribution in [0, 0.1) is 30.1 Å². The van der Waals surface area contributed by atoms with Gasteiger partial charge in [0.2, 0.25) is 5.91 Å². The number of fused-ring (bicyclic) bond motifs is 1. The Morgan fingerprint density at radius 2 is 1.57 bits per heavy atom. The van der Waals surface area contributed by atoms with E-state index in [-0.39, 0.29) is 5.41 Å². The second-order valence-electron chi connectivity index (χ2n) is 7.86. The van der Waals surface area contributed by atoms with Crippen LogP contribution in [0.1, 0.15) is 50.5 Å². The van der Waals surface area contributed by atoms with Crippen molar-refractivity contribution in [2.75, 3.05) is 5.32 Å². The summed E-state index contributed by atoms with van der Waals surface area (Å²) >= 11 is 0. The number of anilines is 1. The molecule has 0 heterocycles. The first-order valence-corrected chi connectivity index (χ1v) is 8.51. The molecule has 0 aliphatic heterocycles. The highest BCUT2D eigenvalue weighted by atomic mass is 16.2. The number of carbonyl (C=O) groups is 1. The van der Waals surface area contributed by atoms with Crippen LogP contribution in [0.2, 0.25) is 0 Å². The van der Waals surface area contributed by atoms with Crippen molar-refractivity contribution in [1.29, 1.82) is 0 Å². The third kappa shape index (κ3) is 2.39. The summed E-state index contributed by atoms with van der Waals surface area (Å²) in [6, 6.07) is 8.20. The lowest BCUT2D eigenvalue weighted by atomic mass is 9.58. The Labute approximate surface area is 127 Å². The van der Waals surface area contributed by atoms with Crippen molar-refractivity contribution in [3.63, 3.8) is 0 Å². The van der Waals surface area contributed by atoms with E-state index in [9.17, 15) is 4.79 Å². The zero-order chi connectivity index (χ0) is 14.4. The Morgan fingerprint density at radius 1 is 1.00 bits per heavy atom. The van der Waals surface area contributed by atoms with E-state index < -0.39 is 0 Å². The molecule has 1 amide bonds. The van der Waals surface area contributed by atoms with Crippen LogP contribution in [0.15, 0.2) is 24.3 Å². The number of aryl methyl sites for hydroxylation is 1. The molecule has 4 bridgehead atoms. The van der Waals surface area contributed by atoms with Gasteiger partial charge in [-0.25, -0.2) is 0 Å². The van der Waals surface area contributed by atoms with Crippen molar-refractivity contribution in [1.82, 2.24) is 0 Å². The van der Waals surface area contributed by atoms with Gasteiger partial charge in [-0.05, 0) is 68.9 Å². The molecule has 1 N–H and O–H groups in total. The van der Waals surface area contributed by atoms with Crippen LogP contribution in [-0.4, -0.2) is 5.91 Å². The molecule has 1 aromatic carbocycles. The van der Waals surface area contributed by atoms with Gasteiger partial charge in [0.25, 0.3) is 0 Å². The Balaban J connectivity index is 1.57. The average Bonchev–Trinajstić information content (AvgIpc) is 2.68. The molecular weight excluding hydrogens is 258 g/mol. The van der Waals surface area contributed by atoms with Crippen molar-refractivity contribution in [3.8, 4) is 0 Å². The second-order valence-corrected chi connectivity index (χ2v) is 7.86. The fraction of sp³-hybridized carbons (Fsp3) is 0.632. The van der Waals surface area contributed by atoms with Crippen molar-refractivity contribution >= 4 is 11.6 Å². The van der Waals surface area contributed by atoms with E-state index in [0.717, 1.165) is 42.7 Å². The maximum Gasteiger partial charge on any atom is 0.230 e. The van der Waals surface area contributed by atoms with E-state index in [2.05, 4.69) is 24.4 Å². The predicted octanol–water partition coefficient (Wildman–Crippen LogP) is 4.54. The number of nitrogens with one attached hydrogen (secondary N) is 1. The highest BCUT2D eigenvalue weighted by molar-refractivity contribution is 5.95. The van der Waals surface area contributed by atoms with Crippen LogP contribution in [0.4, 0.5) is 5.69 Å². The molecule has 2 atom stereocenters. The topological polar surface area (TPSA) is 29.1 Å². The highest BCUT2D eigenvalue weighted by Crippen LogP contribution is 2.58. The molecule has 0 saturated heterocycles. The fourth-order valence-electron chi connectivity index (χ4n) is 5.37. The summed E-state index contributed by atoms with van der Waals surface area (Å²) in [5.41, 5.74) is 2.14. The smallest absolute Gasteiger partial charge is 0.230 e. The summed E-state index contributed by atoms with van der Waals surface area (Å²) in [4.78, 5) is 13.0. The third-order valence-corrected chi connectivity index (χ3v) is 6.15. The lowest BCUT2D eigenvalue weighted by Gasteiger charge is -2.47. The Morgan fingerprint density at radius 3 is 2.19 bits per heavy atom. The maximum atomic E-state index is 13.0. The van der Waals surface area contributed by atoms with Crippen LogP contribution in [0.3, 0.4) is 0 Å². The minimum atomic E-state index is -0.0577. The van der Waals surface area contributed by atoms with Gasteiger partial charge in [0.1, 0.15) is 0 Å². The molecule has 5 rings (SSSR count). The van der Waals surface area contributed by atoms with Gasteiger partial charge >= 0.3 is 0 Å². The van der Waals surface area contributed by atoms with Gasteiger partial charge in [0.05, 0.1) is 5.41 Å². The number of carbonyl (C=O) groups excluding carboxylic acids is 1. The van der Waals surface area contributed by atoms with Gasteiger partial charge in [-0.15, -0.1) is 0 Å². The quantitative estimate of drug-likeness (QED) is 0.848. The normalized spacial score (nSPS) is 37.3. The Hall–Kier alpha value is -1.31. The summed E-state index contributed by atoms with van der Waals surface area (Å²) in [5, 5.41) is 3.22. The SMILES string of the molecule is Cc1ccc(NC(=O)C23CC4C[C@H](CC[C@@H](C4)C2)C3)cc1. The summed E-state index contributed by atoms with van der Waals surface area (Å²) in [6.07, 6.45) is 8.90. The van der Waals surface area contributed by atoms with Gasteiger partial charge in [-0.1, -0.05) is 30.5 Å². The van der Waals surface area contributed by atoms with E-state index in [1.54, 1.807) is 0 Å². The number of amides is 1. The molecule has 1 aromatic rings. The van der Waals surface area contributed by atoms with E-state index in [1.807, 2.05) is 12.1 Å². The second kappa shape index (κ2) is 4.86. The summed E-state index contributed by atoms with van der Waals surface area (Å²) in [6.45, 7) is 2.08. The molecule has 4 aliphatic carbocycles. The van der Waals surface area contributed by atoms with Crippen molar-refractivity contribution in [3.05, 3.63) is 29.8 Å².